The lowest BCUT2D eigenvalue weighted by molar-refractivity contribution is 0.102. The first-order valence-electron chi connectivity index (χ1n) is 9.27. The van der Waals surface area contributed by atoms with E-state index in [0.717, 1.165) is 0 Å². The molecule has 0 atom stereocenters. The molecule has 4 rings (SSSR count). The van der Waals surface area contributed by atoms with Crippen molar-refractivity contribution in [3.63, 3.8) is 0 Å². The molecule has 31 heavy (non-hydrogen) atoms. The van der Waals surface area contributed by atoms with E-state index in [9.17, 15) is 9.59 Å². The van der Waals surface area contributed by atoms with Crippen LogP contribution < -0.4 is 16.0 Å². The summed E-state index contributed by atoms with van der Waals surface area (Å²) in [4.78, 5) is 28.7. The van der Waals surface area contributed by atoms with E-state index in [1.807, 2.05) is 6.07 Å². The van der Waals surface area contributed by atoms with Crippen molar-refractivity contribution in [2.24, 2.45) is 0 Å². The molecule has 2 heterocycles. The van der Waals surface area contributed by atoms with Crippen LogP contribution in [0.2, 0.25) is 5.02 Å². The van der Waals surface area contributed by atoms with E-state index in [4.69, 9.17) is 11.6 Å². The third-order valence-electron chi connectivity index (χ3n) is 4.27. The minimum absolute atomic E-state index is 0.252. The Balaban J connectivity index is 1.44. The molecule has 154 valence electrons. The highest BCUT2D eigenvalue weighted by Gasteiger charge is 2.10. The van der Waals surface area contributed by atoms with Gasteiger partial charge in [0.25, 0.3) is 5.91 Å². The van der Waals surface area contributed by atoms with Gasteiger partial charge in [-0.2, -0.15) is 5.10 Å². The summed E-state index contributed by atoms with van der Waals surface area (Å²) in [7, 11) is 0. The summed E-state index contributed by atoms with van der Waals surface area (Å²) in [6.07, 6.45) is 6.36. The number of hydrogen-bond acceptors (Lipinski definition) is 4. The lowest BCUT2D eigenvalue weighted by Gasteiger charge is -2.08. The van der Waals surface area contributed by atoms with Crippen molar-refractivity contribution in [3.05, 3.63) is 96.0 Å². The predicted octanol–water partition coefficient (Wildman–Crippen LogP) is 4.82. The Kier molecular flexibility index (Phi) is 5.91. The Bertz CT molecular complexity index is 1230. The number of benzene rings is 2. The maximum absolute atomic E-state index is 12.5. The number of rotatable bonds is 5. The molecule has 3 amide bonds. The van der Waals surface area contributed by atoms with Crippen molar-refractivity contribution in [2.45, 2.75) is 0 Å². The second-order valence-corrected chi connectivity index (χ2v) is 6.88. The van der Waals surface area contributed by atoms with E-state index in [1.54, 1.807) is 77.9 Å². The molecule has 0 aliphatic heterocycles. The maximum atomic E-state index is 12.5. The first-order valence-corrected chi connectivity index (χ1v) is 9.65. The van der Waals surface area contributed by atoms with Gasteiger partial charge in [-0.3, -0.25) is 9.78 Å². The van der Waals surface area contributed by atoms with Crippen LogP contribution in [-0.4, -0.2) is 26.7 Å². The SMILES string of the molecule is O=C(Nc1cnn(-c2cccc(C(=O)Nc3ccncc3)c2)c1)Nc1ccccc1Cl. The lowest BCUT2D eigenvalue weighted by atomic mass is 10.2. The van der Waals surface area contributed by atoms with Crippen LogP contribution in [0.15, 0.2) is 85.5 Å². The number of amides is 3. The Morgan fingerprint density at radius 2 is 1.68 bits per heavy atom. The molecule has 2 aromatic heterocycles. The zero-order chi connectivity index (χ0) is 21.6. The minimum atomic E-state index is -0.446. The van der Waals surface area contributed by atoms with E-state index >= 15 is 0 Å². The molecule has 3 N–H and O–H groups in total. The van der Waals surface area contributed by atoms with Crippen LogP contribution in [0.25, 0.3) is 5.69 Å². The maximum Gasteiger partial charge on any atom is 0.323 e. The Labute approximate surface area is 182 Å². The molecule has 4 aromatic rings. The van der Waals surface area contributed by atoms with Crippen LogP contribution >= 0.6 is 11.6 Å². The second kappa shape index (κ2) is 9.10. The molecule has 0 spiro atoms. The number of halogens is 1. The highest BCUT2D eigenvalue weighted by molar-refractivity contribution is 6.33. The summed E-state index contributed by atoms with van der Waals surface area (Å²) in [5, 5.41) is 12.9. The van der Waals surface area contributed by atoms with Gasteiger partial charge in [-0.05, 0) is 42.5 Å². The van der Waals surface area contributed by atoms with Crippen molar-refractivity contribution < 1.29 is 9.59 Å². The molecular weight excluding hydrogens is 416 g/mol. The van der Waals surface area contributed by atoms with Gasteiger partial charge in [0.2, 0.25) is 0 Å². The van der Waals surface area contributed by atoms with Crippen molar-refractivity contribution in [3.8, 4) is 5.69 Å². The third-order valence-corrected chi connectivity index (χ3v) is 4.60. The first-order chi connectivity index (χ1) is 15.1. The molecule has 0 aliphatic rings. The normalized spacial score (nSPS) is 10.4. The van der Waals surface area contributed by atoms with E-state index in [0.29, 0.717) is 33.3 Å². The number of nitrogens with zero attached hydrogens (tertiary/aromatic N) is 3. The van der Waals surface area contributed by atoms with Gasteiger partial charge in [0.05, 0.1) is 34.5 Å². The van der Waals surface area contributed by atoms with Crippen molar-refractivity contribution in [1.82, 2.24) is 14.8 Å². The smallest absolute Gasteiger partial charge is 0.322 e. The predicted molar refractivity (Wildman–Crippen MR) is 120 cm³/mol. The van der Waals surface area contributed by atoms with Gasteiger partial charge in [-0.15, -0.1) is 0 Å². The lowest BCUT2D eigenvalue weighted by Crippen LogP contribution is -2.19. The number of anilines is 3. The van der Waals surface area contributed by atoms with E-state index in [1.165, 1.54) is 6.20 Å². The Morgan fingerprint density at radius 1 is 0.871 bits per heavy atom. The molecule has 0 aliphatic carbocycles. The largest absolute Gasteiger partial charge is 0.323 e. The molecular formula is C22H17ClN6O2. The second-order valence-electron chi connectivity index (χ2n) is 6.47. The Hall–Kier alpha value is -4.17. The number of hydrogen-bond donors (Lipinski definition) is 3. The standard InChI is InChI=1S/C22H17ClN6O2/c23-19-6-1-2-7-20(19)28-22(31)27-17-13-25-29(14-17)18-5-3-4-15(12-18)21(30)26-16-8-10-24-11-9-16/h1-14H,(H,24,26,30)(H2,27,28,31). The van der Waals surface area contributed by atoms with Crippen LogP contribution in [0.4, 0.5) is 21.9 Å². The summed E-state index contributed by atoms with van der Waals surface area (Å²) >= 11 is 6.05. The molecule has 9 heteroatoms. The summed E-state index contributed by atoms with van der Waals surface area (Å²) < 4.78 is 1.56. The summed E-state index contributed by atoms with van der Waals surface area (Å²) in [6, 6.07) is 16.9. The van der Waals surface area contributed by atoms with Crippen LogP contribution in [0.5, 0.6) is 0 Å². The zero-order valence-corrected chi connectivity index (χ0v) is 16.9. The number of urea groups is 1. The molecule has 2 aromatic carbocycles. The van der Waals surface area contributed by atoms with Crippen LogP contribution in [0, 0.1) is 0 Å². The highest BCUT2D eigenvalue weighted by Crippen LogP contribution is 2.21. The van der Waals surface area contributed by atoms with E-state index in [-0.39, 0.29) is 5.91 Å². The third kappa shape index (κ3) is 5.06. The van der Waals surface area contributed by atoms with Crippen LogP contribution in [0.1, 0.15) is 10.4 Å². The number of aromatic nitrogens is 3. The van der Waals surface area contributed by atoms with Gasteiger partial charge in [0.1, 0.15) is 0 Å². The molecule has 0 saturated carbocycles. The number of carbonyl (C=O) groups is 2. The molecule has 0 unspecified atom stereocenters. The van der Waals surface area contributed by atoms with Gasteiger partial charge in [-0.25, -0.2) is 9.48 Å². The van der Waals surface area contributed by atoms with Crippen molar-refractivity contribution in [1.29, 1.82) is 0 Å². The summed E-state index contributed by atoms with van der Waals surface area (Å²) in [5.74, 6) is -0.252. The van der Waals surface area contributed by atoms with Gasteiger partial charge < -0.3 is 16.0 Å². The van der Waals surface area contributed by atoms with Gasteiger partial charge in [0, 0.05) is 23.6 Å². The monoisotopic (exact) mass is 432 g/mol. The average molecular weight is 433 g/mol. The minimum Gasteiger partial charge on any atom is -0.322 e. The van der Waals surface area contributed by atoms with Gasteiger partial charge in [0.15, 0.2) is 0 Å². The highest BCUT2D eigenvalue weighted by atomic mass is 35.5. The fourth-order valence-electron chi connectivity index (χ4n) is 2.80. The van der Waals surface area contributed by atoms with Crippen molar-refractivity contribution >= 4 is 40.6 Å². The number of carbonyl (C=O) groups excluding carboxylic acids is 2. The topological polar surface area (TPSA) is 101 Å². The van der Waals surface area contributed by atoms with Gasteiger partial charge in [-0.1, -0.05) is 29.8 Å². The fraction of sp³-hybridized carbons (Fsp3) is 0. The quantitative estimate of drug-likeness (QED) is 0.421. The van der Waals surface area contributed by atoms with E-state index in [2.05, 4.69) is 26.0 Å². The molecule has 0 saturated heterocycles. The molecule has 0 fully saturated rings. The van der Waals surface area contributed by atoms with Gasteiger partial charge >= 0.3 is 6.03 Å². The molecule has 0 bridgehead atoms. The van der Waals surface area contributed by atoms with Crippen LogP contribution in [0.3, 0.4) is 0 Å². The molecule has 8 nitrogen and oxygen atoms in total. The van der Waals surface area contributed by atoms with Crippen LogP contribution in [-0.2, 0) is 0 Å². The zero-order valence-electron chi connectivity index (χ0n) is 16.1. The van der Waals surface area contributed by atoms with E-state index < -0.39 is 6.03 Å². The summed E-state index contributed by atoms with van der Waals surface area (Å²) in [5.41, 5.74) is 2.77. The fourth-order valence-corrected chi connectivity index (χ4v) is 2.99. The Morgan fingerprint density at radius 3 is 2.48 bits per heavy atom. The molecule has 0 radical (unpaired) electrons. The number of nitrogens with one attached hydrogen (secondary N) is 3. The van der Waals surface area contributed by atoms with Crippen molar-refractivity contribution in [2.75, 3.05) is 16.0 Å². The summed E-state index contributed by atoms with van der Waals surface area (Å²) in [6.45, 7) is 0. The number of pyridine rings is 1. The first kappa shape index (κ1) is 20.1. The number of para-hydroxylation sites is 1. The average Bonchev–Trinajstić information content (AvgIpc) is 3.24.